The summed E-state index contributed by atoms with van der Waals surface area (Å²) < 4.78 is 25.4. The van der Waals surface area contributed by atoms with Crippen LogP contribution >= 0.6 is 24.0 Å². The molecule has 0 unspecified atom stereocenters. The third-order valence-corrected chi connectivity index (χ3v) is 5.00. The molecule has 0 atom stereocenters. The van der Waals surface area contributed by atoms with Crippen molar-refractivity contribution in [3.8, 4) is 0 Å². The van der Waals surface area contributed by atoms with E-state index in [4.69, 9.17) is 0 Å². The normalized spacial score (nSPS) is 17.3. The maximum absolute atomic E-state index is 11.4. The Balaban J connectivity index is 0.00000625. The van der Waals surface area contributed by atoms with Crippen LogP contribution in [0.25, 0.3) is 0 Å². The van der Waals surface area contributed by atoms with Gasteiger partial charge in [-0.05, 0) is 59.7 Å². The Morgan fingerprint density at radius 3 is 2.27 bits per heavy atom. The lowest BCUT2D eigenvalue weighted by molar-refractivity contribution is 0.282. The average molecular weight is 503 g/mol. The van der Waals surface area contributed by atoms with Gasteiger partial charge in [0.05, 0.1) is 12.8 Å². The molecule has 0 aromatic carbocycles. The minimum absolute atomic E-state index is 0. The molecule has 1 aliphatic heterocycles. The SMILES string of the molecule is CCNC(=NCC(C)(C)NS(C)(=O)=O)NCCCN1CCCCCC1.I. The van der Waals surface area contributed by atoms with Crippen LogP contribution in [0.5, 0.6) is 0 Å². The Bertz CT molecular complexity index is 503. The summed E-state index contributed by atoms with van der Waals surface area (Å²) in [5.74, 6) is 0.738. The van der Waals surface area contributed by atoms with Crippen molar-refractivity contribution < 1.29 is 8.42 Å². The molecular formula is C17H38IN5O2S. The first-order chi connectivity index (χ1) is 11.7. The van der Waals surface area contributed by atoms with Gasteiger partial charge >= 0.3 is 0 Å². The predicted octanol–water partition coefficient (Wildman–Crippen LogP) is 1.75. The molecule has 156 valence electrons. The Hall–Kier alpha value is -0.130. The highest BCUT2D eigenvalue weighted by Crippen LogP contribution is 2.09. The van der Waals surface area contributed by atoms with Gasteiger partial charge in [-0.1, -0.05) is 12.8 Å². The molecule has 9 heteroatoms. The fourth-order valence-electron chi connectivity index (χ4n) is 3.02. The molecule has 0 amide bonds. The third kappa shape index (κ3) is 13.1. The summed E-state index contributed by atoms with van der Waals surface area (Å²) in [4.78, 5) is 7.08. The smallest absolute Gasteiger partial charge is 0.209 e. The van der Waals surface area contributed by atoms with E-state index in [1.54, 1.807) is 0 Å². The highest BCUT2D eigenvalue weighted by molar-refractivity contribution is 14.0. The van der Waals surface area contributed by atoms with Crippen molar-refractivity contribution in [2.24, 2.45) is 4.99 Å². The molecule has 3 N–H and O–H groups in total. The van der Waals surface area contributed by atoms with Crippen LogP contribution in [0.4, 0.5) is 0 Å². The maximum atomic E-state index is 11.4. The van der Waals surface area contributed by atoms with Gasteiger partial charge in [0.25, 0.3) is 0 Å². The molecule has 1 heterocycles. The van der Waals surface area contributed by atoms with E-state index in [0.29, 0.717) is 6.54 Å². The first kappa shape index (κ1) is 25.9. The molecule has 0 aromatic rings. The zero-order chi connectivity index (χ0) is 18.8. The molecule has 0 bridgehead atoms. The van der Waals surface area contributed by atoms with Crippen molar-refractivity contribution >= 4 is 40.0 Å². The summed E-state index contributed by atoms with van der Waals surface area (Å²) in [6.45, 7) is 11.3. The van der Waals surface area contributed by atoms with E-state index in [0.717, 1.165) is 32.0 Å². The molecule has 0 aliphatic carbocycles. The van der Waals surface area contributed by atoms with Crippen LogP contribution in [0.1, 0.15) is 52.9 Å². The third-order valence-electron chi connectivity index (χ3n) is 4.08. The summed E-state index contributed by atoms with van der Waals surface area (Å²) in [5, 5.41) is 6.56. The Morgan fingerprint density at radius 1 is 1.12 bits per heavy atom. The second-order valence-electron chi connectivity index (χ2n) is 7.49. The van der Waals surface area contributed by atoms with Crippen LogP contribution in [-0.4, -0.2) is 70.3 Å². The molecule has 0 aromatic heterocycles. The van der Waals surface area contributed by atoms with Crippen LogP contribution in [0.15, 0.2) is 4.99 Å². The van der Waals surface area contributed by atoms with Gasteiger partial charge in [0.15, 0.2) is 5.96 Å². The van der Waals surface area contributed by atoms with Gasteiger partial charge in [-0.3, -0.25) is 4.99 Å². The lowest BCUT2D eigenvalue weighted by Gasteiger charge is -2.23. The van der Waals surface area contributed by atoms with Gasteiger partial charge in [0, 0.05) is 18.6 Å². The summed E-state index contributed by atoms with van der Waals surface area (Å²) in [7, 11) is -3.24. The number of hydrogen-bond donors (Lipinski definition) is 3. The van der Waals surface area contributed by atoms with Crippen molar-refractivity contribution in [1.29, 1.82) is 0 Å². The number of rotatable bonds is 9. The molecular weight excluding hydrogens is 465 g/mol. The molecule has 0 radical (unpaired) electrons. The van der Waals surface area contributed by atoms with Gasteiger partial charge in [-0.25, -0.2) is 13.1 Å². The molecule has 0 spiro atoms. The van der Waals surface area contributed by atoms with Crippen molar-refractivity contribution in [3.63, 3.8) is 0 Å². The summed E-state index contributed by atoms with van der Waals surface area (Å²) in [5.41, 5.74) is -0.609. The number of likely N-dealkylation sites (tertiary alicyclic amines) is 1. The van der Waals surface area contributed by atoms with Crippen LogP contribution < -0.4 is 15.4 Å². The number of halogens is 1. The van der Waals surface area contributed by atoms with E-state index in [1.807, 2.05) is 20.8 Å². The highest BCUT2D eigenvalue weighted by atomic mass is 127. The first-order valence-electron chi connectivity index (χ1n) is 9.45. The van der Waals surface area contributed by atoms with Gasteiger partial charge in [-0.15, -0.1) is 24.0 Å². The van der Waals surface area contributed by atoms with Gasteiger partial charge in [0.2, 0.25) is 10.0 Å². The first-order valence-corrected chi connectivity index (χ1v) is 11.3. The Morgan fingerprint density at radius 2 is 1.73 bits per heavy atom. The van der Waals surface area contributed by atoms with E-state index in [2.05, 4.69) is 25.2 Å². The van der Waals surface area contributed by atoms with Crippen molar-refractivity contribution in [1.82, 2.24) is 20.3 Å². The van der Waals surface area contributed by atoms with Crippen molar-refractivity contribution in [3.05, 3.63) is 0 Å². The van der Waals surface area contributed by atoms with Crippen LogP contribution in [0.2, 0.25) is 0 Å². The maximum Gasteiger partial charge on any atom is 0.209 e. The van der Waals surface area contributed by atoms with E-state index in [1.165, 1.54) is 45.0 Å². The minimum Gasteiger partial charge on any atom is -0.357 e. The van der Waals surface area contributed by atoms with E-state index in [-0.39, 0.29) is 24.0 Å². The fraction of sp³-hybridized carbons (Fsp3) is 0.941. The van der Waals surface area contributed by atoms with E-state index in [9.17, 15) is 8.42 Å². The number of aliphatic imine (C=N–C) groups is 1. The topological polar surface area (TPSA) is 85.8 Å². The van der Waals surface area contributed by atoms with E-state index >= 15 is 0 Å². The van der Waals surface area contributed by atoms with Crippen molar-refractivity contribution in [2.45, 2.75) is 58.4 Å². The summed E-state index contributed by atoms with van der Waals surface area (Å²) in [6, 6.07) is 0. The zero-order valence-electron chi connectivity index (χ0n) is 16.8. The lowest BCUT2D eigenvalue weighted by Crippen LogP contribution is -2.47. The molecule has 0 saturated carbocycles. The number of nitrogens with one attached hydrogen (secondary N) is 3. The standard InChI is InChI=1S/C17H37N5O2S.HI/c1-5-18-16(20-15-17(2,3)21-25(4,23)24)19-11-10-14-22-12-8-6-7-9-13-22;/h21H,5-15H2,1-4H3,(H2,18,19,20);1H. The Kier molecular flexibility index (Phi) is 13.0. The number of guanidine groups is 1. The predicted molar refractivity (Wildman–Crippen MR) is 121 cm³/mol. The number of sulfonamides is 1. The lowest BCUT2D eigenvalue weighted by atomic mass is 10.1. The molecule has 1 saturated heterocycles. The minimum atomic E-state index is -3.24. The quantitative estimate of drug-likeness (QED) is 0.193. The largest absolute Gasteiger partial charge is 0.357 e. The molecule has 26 heavy (non-hydrogen) atoms. The summed E-state index contributed by atoms with van der Waals surface area (Å²) in [6.07, 6.45) is 7.62. The van der Waals surface area contributed by atoms with Crippen LogP contribution in [-0.2, 0) is 10.0 Å². The highest BCUT2D eigenvalue weighted by Gasteiger charge is 2.21. The van der Waals surface area contributed by atoms with Crippen LogP contribution in [0.3, 0.4) is 0 Å². The van der Waals surface area contributed by atoms with Gasteiger partial charge in [0.1, 0.15) is 0 Å². The van der Waals surface area contributed by atoms with Crippen LogP contribution in [0, 0.1) is 0 Å². The molecule has 7 nitrogen and oxygen atoms in total. The molecule has 1 rings (SSSR count). The number of nitrogens with zero attached hydrogens (tertiary/aromatic N) is 2. The second kappa shape index (κ2) is 13.1. The van der Waals surface area contributed by atoms with E-state index < -0.39 is 15.6 Å². The number of hydrogen-bond acceptors (Lipinski definition) is 4. The van der Waals surface area contributed by atoms with Gasteiger partial charge < -0.3 is 15.5 Å². The fourth-order valence-corrected chi connectivity index (χ4v) is 4.09. The Labute approximate surface area is 177 Å². The monoisotopic (exact) mass is 503 g/mol. The summed E-state index contributed by atoms with van der Waals surface area (Å²) >= 11 is 0. The molecule has 1 aliphatic rings. The van der Waals surface area contributed by atoms with Crippen molar-refractivity contribution in [2.75, 3.05) is 45.5 Å². The second-order valence-corrected chi connectivity index (χ2v) is 9.24. The molecule has 1 fully saturated rings. The van der Waals surface area contributed by atoms with Gasteiger partial charge in [-0.2, -0.15) is 0 Å². The average Bonchev–Trinajstić information content (AvgIpc) is 2.75. The zero-order valence-corrected chi connectivity index (χ0v) is 20.0.